The zero-order chi connectivity index (χ0) is 16.8. The number of piperazine rings is 1. The van der Waals surface area contributed by atoms with Gasteiger partial charge in [0.15, 0.2) is 0 Å². The van der Waals surface area contributed by atoms with E-state index in [-0.39, 0.29) is 12.3 Å². The molecule has 0 aromatic heterocycles. The first-order valence-electron chi connectivity index (χ1n) is 7.62. The summed E-state index contributed by atoms with van der Waals surface area (Å²) in [6, 6.07) is 5.47. The molecule has 1 N–H and O–H groups in total. The maximum absolute atomic E-state index is 12.0. The minimum atomic E-state index is -0.862. The van der Waals surface area contributed by atoms with Crippen LogP contribution in [0.3, 0.4) is 0 Å². The van der Waals surface area contributed by atoms with Gasteiger partial charge in [-0.05, 0) is 18.6 Å². The Bertz CT molecular complexity index is 552. The van der Waals surface area contributed by atoms with Crippen molar-refractivity contribution in [3.63, 3.8) is 0 Å². The molecule has 5 nitrogen and oxygen atoms in total. The van der Waals surface area contributed by atoms with Crippen LogP contribution in [0.2, 0.25) is 10.0 Å². The van der Waals surface area contributed by atoms with Crippen LogP contribution < -0.4 is 0 Å². The third-order valence-corrected chi connectivity index (χ3v) is 4.66. The van der Waals surface area contributed by atoms with Crippen molar-refractivity contribution in [3.8, 4) is 0 Å². The standard InChI is InChI=1S/C16H20Cl2N2O3/c17-13-3-1-4-14(18)12(13)11-19-7-9-20(10-8-19)15(21)5-2-6-16(22)23/h1,3-4H,2,5-11H2,(H,22,23). The minimum Gasteiger partial charge on any atom is -0.481 e. The summed E-state index contributed by atoms with van der Waals surface area (Å²) in [5, 5.41) is 9.92. The van der Waals surface area contributed by atoms with Gasteiger partial charge in [0.2, 0.25) is 5.91 Å². The van der Waals surface area contributed by atoms with E-state index in [2.05, 4.69) is 4.90 Å². The Morgan fingerprint density at radius 2 is 1.65 bits per heavy atom. The Morgan fingerprint density at radius 1 is 1.04 bits per heavy atom. The molecule has 7 heteroatoms. The molecule has 0 saturated carbocycles. The van der Waals surface area contributed by atoms with E-state index in [9.17, 15) is 9.59 Å². The van der Waals surface area contributed by atoms with E-state index >= 15 is 0 Å². The van der Waals surface area contributed by atoms with Crippen molar-refractivity contribution in [2.24, 2.45) is 0 Å². The molecule has 1 heterocycles. The number of carbonyl (C=O) groups excluding carboxylic acids is 1. The summed E-state index contributed by atoms with van der Waals surface area (Å²) in [4.78, 5) is 26.5. The van der Waals surface area contributed by atoms with Crippen molar-refractivity contribution < 1.29 is 14.7 Å². The number of rotatable bonds is 6. The summed E-state index contributed by atoms with van der Waals surface area (Å²) in [5.74, 6) is -0.832. The molecule has 1 aliphatic rings. The number of carbonyl (C=O) groups is 2. The van der Waals surface area contributed by atoms with E-state index in [0.717, 1.165) is 18.7 Å². The summed E-state index contributed by atoms with van der Waals surface area (Å²) in [5.41, 5.74) is 0.914. The average molecular weight is 359 g/mol. The monoisotopic (exact) mass is 358 g/mol. The van der Waals surface area contributed by atoms with Crippen LogP contribution in [-0.4, -0.2) is 53.0 Å². The van der Waals surface area contributed by atoms with Gasteiger partial charge in [0.1, 0.15) is 0 Å². The molecular formula is C16H20Cl2N2O3. The van der Waals surface area contributed by atoms with Crippen molar-refractivity contribution in [2.45, 2.75) is 25.8 Å². The number of carboxylic acids is 1. The minimum absolute atomic E-state index is 0.0293. The maximum atomic E-state index is 12.0. The smallest absolute Gasteiger partial charge is 0.303 e. The van der Waals surface area contributed by atoms with Crippen LogP contribution in [0.25, 0.3) is 0 Å². The van der Waals surface area contributed by atoms with Gasteiger partial charge in [-0.15, -0.1) is 0 Å². The lowest BCUT2D eigenvalue weighted by molar-refractivity contribution is -0.137. The molecule has 1 amide bonds. The second-order valence-electron chi connectivity index (χ2n) is 5.60. The molecule has 1 fully saturated rings. The number of amides is 1. The number of carboxylic acid groups (broad SMARTS) is 1. The number of nitrogens with zero attached hydrogens (tertiary/aromatic N) is 2. The maximum Gasteiger partial charge on any atom is 0.303 e. The van der Waals surface area contributed by atoms with E-state index < -0.39 is 5.97 Å². The fraction of sp³-hybridized carbons (Fsp3) is 0.500. The molecule has 1 aromatic carbocycles. The highest BCUT2D eigenvalue weighted by atomic mass is 35.5. The van der Waals surface area contributed by atoms with Crippen LogP contribution in [0.15, 0.2) is 18.2 Å². The van der Waals surface area contributed by atoms with Crippen LogP contribution in [0.5, 0.6) is 0 Å². The van der Waals surface area contributed by atoms with Crippen LogP contribution >= 0.6 is 23.2 Å². The summed E-state index contributed by atoms with van der Waals surface area (Å²) < 4.78 is 0. The fourth-order valence-electron chi connectivity index (χ4n) is 2.61. The Morgan fingerprint density at radius 3 is 2.22 bits per heavy atom. The highest BCUT2D eigenvalue weighted by Crippen LogP contribution is 2.26. The number of benzene rings is 1. The number of hydrogen-bond donors (Lipinski definition) is 1. The predicted octanol–water partition coefficient (Wildman–Crippen LogP) is 2.89. The Kier molecular flexibility index (Phi) is 6.69. The lowest BCUT2D eigenvalue weighted by Gasteiger charge is -2.35. The lowest BCUT2D eigenvalue weighted by Crippen LogP contribution is -2.48. The number of aliphatic carboxylic acids is 1. The SMILES string of the molecule is O=C(O)CCCC(=O)N1CCN(Cc2c(Cl)cccc2Cl)CC1. The third kappa shape index (κ3) is 5.37. The predicted molar refractivity (Wildman–Crippen MR) is 89.8 cm³/mol. The van der Waals surface area contributed by atoms with Crippen LogP contribution in [0.4, 0.5) is 0 Å². The molecule has 2 rings (SSSR count). The van der Waals surface area contributed by atoms with Gasteiger partial charge < -0.3 is 10.0 Å². The summed E-state index contributed by atoms with van der Waals surface area (Å²) in [7, 11) is 0. The average Bonchev–Trinajstić information content (AvgIpc) is 2.51. The van der Waals surface area contributed by atoms with Gasteiger partial charge in [-0.1, -0.05) is 29.3 Å². The Labute approximate surface area is 145 Å². The second kappa shape index (κ2) is 8.52. The molecule has 0 bridgehead atoms. The largest absolute Gasteiger partial charge is 0.481 e. The zero-order valence-electron chi connectivity index (χ0n) is 12.8. The van der Waals surface area contributed by atoms with Crippen LogP contribution in [-0.2, 0) is 16.1 Å². The molecule has 0 spiro atoms. The normalized spacial score (nSPS) is 15.7. The van der Waals surface area contributed by atoms with Gasteiger partial charge >= 0.3 is 5.97 Å². The van der Waals surface area contributed by atoms with Gasteiger partial charge in [0.05, 0.1) is 0 Å². The molecule has 0 aliphatic carbocycles. The summed E-state index contributed by atoms with van der Waals surface area (Å²) in [6.45, 7) is 3.47. The number of halogens is 2. The second-order valence-corrected chi connectivity index (χ2v) is 6.42. The van der Waals surface area contributed by atoms with E-state index in [1.165, 1.54) is 0 Å². The molecule has 23 heavy (non-hydrogen) atoms. The van der Waals surface area contributed by atoms with Gasteiger partial charge in [0.25, 0.3) is 0 Å². The van der Waals surface area contributed by atoms with Crippen molar-refractivity contribution in [3.05, 3.63) is 33.8 Å². The van der Waals surface area contributed by atoms with Crippen molar-refractivity contribution in [2.75, 3.05) is 26.2 Å². The number of hydrogen-bond acceptors (Lipinski definition) is 3. The van der Waals surface area contributed by atoms with E-state index in [1.54, 1.807) is 4.90 Å². The van der Waals surface area contributed by atoms with E-state index in [1.807, 2.05) is 18.2 Å². The Balaban J connectivity index is 1.80. The van der Waals surface area contributed by atoms with Gasteiger partial charge in [-0.25, -0.2) is 0 Å². The first kappa shape index (κ1) is 18.0. The zero-order valence-corrected chi connectivity index (χ0v) is 14.3. The van der Waals surface area contributed by atoms with Crippen molar-refractivity contribution >= 4 is 35.1 Å². The van der Waals surface area contributed by atoms with Crippen LogP contribution in [0, 0.1) is 0 Å². The van der Waals surface area contributed by atoms with E-state index in [4.69, 9.17) is 28.3 Å². The summed E-state index contributed by atoms with van der Waals surface area (Å²) >= 11 is 12.4. The molecule has 1 saturated heterocycles. The van der Waals surface area contributed by atoms with Crippen molar-refractivity contribution in [1.82, 2.24) is 9.80 Å². The van der Waals surface area contributed by atoms with Gasteiger partial charge in [-0.2, -0.15) is 0 Å². The first-order chi connectivity index (χ1) is 11.0. The molecule has 126 valence electrons. The van der Waals surface area contributed by atoms with Crippen molar-refractivity contribution in [1.29, 1.82) is 0 Å². The molecule has 1 aromatic rings. The first-order valence-corrected chi connectivity index (χ1v) is 8.38. The fourth-order valence-corrected chi connectivity index (χ4v) is 3.13. The van der Waals surface area contributed by atoms with Crippen LogP contribution in [0.1, 0.15) is 24.8 Å². The quantitative estimate of drug-likeness (QED) is 0.849. The third-order valence-electron chi connectivity index (χ3n) is 3.95. The highest BCUT2D eigenvalue weighted by Gasteiger charge is 2.22. The van der Waals surface area contributed by atoms with Gasteiger partial charge in [-0.3, -0.25) is 14.5 Å². The highest BCUT2D eigenvalue weighted by molar-refractivity contribution is 6.35. The molecular weight excluding hydrogens is 339 g/mol. The molecule has 0 unspecified atom stereocenters. The summed E-state index contributed by atoms with van der Waals surface area (Å²) in [6.07, 6.45) is 0.725. The Hall–Kier alpha value is -1.30. The lowest BCUT2D eigenvalue weighted by atomic mass is 10.1. The molecule has 1 aliphatic heterocycles. The molecule has 0 atom stereocenters. The topological polar surface area (TPSA) is 60.9 Å². The van der Waals surface area contributed by atoms with E-state index in [0.29, 0.717) is 42.5 Å². The molecule has 0 radical (unpaired) electrons. The van der Waals surface area contributed by atoms with Gasteiger partial charge in [0, 0.05) is 61.2 Å².